The van der Waals surface area contributed by atoms with Gasteiger partial charge in [-0.15, -0.1) is 10.2 Å². The molecule has 8 heteroatoms. The molecule has 0 unspecified atom stereocenters. The molecule has 0 bridgehead atoms. The highest BCUT2D eigenvalue weighted by atomic mass is 15.3. The number of likely N-dealkylation sites (tertiary alicyclic amines) is 1. The SMILES string of the molecule is CNCC(=N)/C(CNc1cccc(-c2nnc3n2C(C)(C)CC3)n1)=C(/C)N1CCCC1(C)C. The summed E-state index contributed by atoms with van der Waals surface area (Å²) in [5, 5.41) is 24.2. The van der Waals surface area contributed by atoms with Crippen LogP contribution in [0.5, 0.6) is 0 Å². The standard InChI is InChI=1S/C25H38N8/c1-17(32-14-8-12-24(32,2)3)18(19(26)16-27-6)15-28-21-10-7-9-20(29-21)23-31-30-22-11-13-25(4,5)33(22)23/h7,9-10,26-27H,8,11-16H2,1-6H3,(H,28,29)/b18-17-,26-19?. The Bertz CT molecular complexity index is 1060. The lowest BCUT2D eigenvalue weighted by Crippen LogP contribution is -2.39. The van der Waals surface area contributed by atoms with Crippen LogP contribution in [0.4, 0.5) is 5.82 Å². The summed E-state index contributed by atoms with van der Waals surface area (Å²) >= 11 is 0. The van der Waals surface area contributed by atoms with Crippen molar-refractivity contribution in [2.75, 3.05) is 32.0 Å². The Morgan fingerprint density at radius 2 is 1.88 bits per heavy atom. The number of nitrogens with zero attached hydrogens (tertiary/aromatic N) is 5. The summed E-state index contributed by atoms with van der Waals surface area (Å²) in [6, 6.07) is 5.98. The van der Waals surface area contributed by atoms with E-state index in [0.29, 0.717) is 18.8 Å². The van der Waals surface area contributed by atoms with Crippen molar-refractivity contribution >= 4 is 11.5 Å². The van der Waals surface area contributed by atoms with Crippen LogP contribution < -0.4 is 10.6 Å². The molecule has 0 aliphatic carbocycles. The van der Waals surface area contributed by atoms with Gasteiger partial charge in [-0.2, -0.15) is 0 Å². The minimum Gasteiger partial charge on any atom is -0.370 e. The second-order valence-electron chi connectivity index (χ2n) is 10.5. The van der Waals surface area contributed by atoms with Crippen molar-refractivity contribution in [3.8, 4) is 11.5 Å². The van der Waals surface area contributed by atoms with Crippen LogP contribution in [0.25, 0.3) is 11.5 Å². The third kappa shape index (κ3) is 4.53. The van der Waals surface area contributed by atoms with Crippen LogP contribution in [0.3, 0.4) is 0 Å². The summed E-state index contributed by atoms with van der Waals surface area (Å²) < 4.78 is 2.23. The summed E-state index contributed by atoms with van der Waals surface area (Å²) in [6.07, 6.45) is 4.38. The molecule has 2 aliphatic rings. The smallest absolute Gasteiger partial charge is 0.183 e. The van der Waals surface area contributed by atoms with E-state index in [1.165, 1.54) is 18.5 Å². The Balaban J connectivity index is 1.59. The van der Waals surface area contributed by atoms with Crippen molar-refractivity contribution in [3.05, 3.63) is 35.3 Å². The average Bonchev–Trinajstić information content (AvgIpc) is 3.43. The van der Waals surface area contributed by atoms with Gasteiger partial charge in [-0.3, -0.25) is 0 Å². The van der Waals surface area contributed by atoms with E-state index in [9.17, 15) is 0 Å². The Morgan fingerprint density at radius 1 is 1.09 bits per heavy atom. The molecule has 178 valence electrons. The molecule has 4 rings (SSSR count). The largest absolute Gasteiger partial charge is 0.370 e. The summed E-state index contributed by atoms with van der Waals surface area (Å²) in [5.41, 5.74) is 3.75. The minimum absolute atomic E-state index is 0.00291. The predicted octanol–water partition coefficient (Wildman–Crippen LogP) is 3.82. The van der Waals surface area contributed by atoms with E-state index in [2.05, 4.69) is 64.9 Å². The highest BCUT2D eigenvalue weighted by Gasteiger charge is 2.35. The molecule has 33 heavy (non-hydrogen) atoms. The van der Waals surface area contributed by atoms with Gasteiger partial charge in [0.05, 0.1) is 5.71 Å². The summed E-state index contributed by atoms with van der Waals surface area (Å²) in [7, 11) is 1.89. The van der Waals surface area contributed by atoms with Gasteiger partial charge in [-0.1, -0.05) is 6.07 Å². The molecule has 4 heterocycles. The highest BCUT2D eigenvalue weighted by molar-refractivity contribution is 6.00. The fourth-order valence-corrected chi connectivity index (χ4v) is 5.28. The van der Waals surface area contributed by atoms with Crippen LogP contribution in [-0.4, -0.2) is 62.6 Å². The van der Waals surface area contributed by atoms with Gasteiger partial charge < -0.3 is 25.5 Å². The summed E-state index contributed by atoms with van der Waals surface area (Å²) in [6.45, 7) is 13.3. The number of hydrogen-bond acceptors (Lipinski definition) is 7. The maximum atomic E-state index is 8.69. The first kappa shape index (κ1) is 23.4. The third-order valence-electron chi connectivity index (χ3n) is 7.18. The molecule has 0 spiro atoms. The van der Waals surface area contributed by atoms with E-state index >= 15 is 0 Å². The molecule has 0 radical (unpaired) electrons. The summed E-state index contributed by atoms with van der Waals surface area (Å²) in [5.74, 6) is 2.64. The van der Waals surface area contributed by atoms with Crippen molar-refractivity contribution in [1.82, 2.24) is 30.0 Å². The monoisotopic (exact) mass is 450 g/mol. The number of rotatable bonds is 8. The van der Waals surface area contributed by atoms with Gasteiger partial charge in [0.15, 0.2) is 5.82 Å². The van der Waals surface area contributed by atoms with Crippen molar-refractivity contribution in [2.45, 2.75) is 71.4 Å². The molecule has 8 nitrogen and oxygen atoms in total. The van der Waals surface area contributed by atoms with Crippen molar-refractivity contribution < 1.29 is 0 Å². The molecule has 1 saturated heterocycles. The summed E-state index contributed by atoms with van der Waals surface area (Å²) in [4.78, 5) is 7.32. The number of pyridine rings is 1. The van der Waals surface area contributed by atoms with Crippen LogP contribution in [0, 0.1) is 5.41 Å². The molecule has 0 atom stereocenters. The molecule has 2 aromatic heterocycles. The molecular weight excluding hydrogens is 412 g/mol. The Kier molecular flexibility index (Phi) is 6.31. The van der Waals surface area contributed by atoms with Crippen molar-refractivity contribution in [2.24, 2.45) is 0 Å². The van der Waals surface area contributed by atoms with Crippen LogP contribution >= 0.6 is 0 Å². The molecule has 0 saturated carbocycles. The van der Waals surface area contributed by atoms with E-state index in [0.717, 1.165) is 48.1 Å². The number of allylic oxidation sites excluding steroid dienone is 1. The minimum atomic E-state index is -0.00291. The van der Waals surface area contributed by atoms with Crippen LogP contribution in [0.1, 0.15) is 59.7 Å². The lowest BCUT2D eigenvalue weighted by Gasteiger charge is -2.36. The third-order valence-corrected chi connectivity index (χ3v) is 7.18. The van der Waals surface area contributed by atoms with Gasteiger partial charge in [0.1, 0.15) is 17.3 Å². The first-order chi connectivity index (χ1) is 15.6. The first-order valence-corrected chi connectivity index (χ1v) is 12.0. The Hall–Kier alpha value is -2.74. The van der Waals surface area contributed by atoms with E-state index in [-0.39, 0.29) is 11.1 Å². The molecule has 2 aromatic rings. The quantitative estimate of drug-likeness (QED) is 0.529. The van der Waals surface area contributed by atoms with Crippen molar-refractivity contribution in [3.63, 3.8) is 0 Å². The topological polar surface area (TPSA) is 94.8 Å². The van der Waals surface area contributed by atoms with Crippen LogP contribution in [0.15, 0.2) is 29.5 Å². The van der Waals surface area contributed by atoms with Gasteiger partial charge >= 0.3 is 0 Å². The van der Waals surface area contributed by atoms with E-state index in [1.807, 2.05) is 25.2 Å². The Morgan fingerprint density at radius 3 is 2.58 bits per heavy atom. The number of aryl methyl sites for hydroxylation is 1. The van der Waals surface area contributed by atoms with Gasteiger partial charge in [0.25, 0.3) is 0 Å². The van der Waals surface area contributed by atoms with Crippen molar-refractivity contribution in [1.29, 1.82) is 5.41 Å². The van der Waals surface area contributed by atoms with E-state index in [4.69, 9.17) is 10.4 Å². The van der Waals surface area contributed by atoms with Crippen LogP contribution in [-0.2, 0) is 12.0 Å². The number of aromatic nitrogens is 4. The Labute approximate surface area is 197 Å². The maximum absolute atomic E-state index is 8.69. The van der Waals surface area contributed by atoms with Crippen LogP contribution in [0.2, 0.25) is 0 Å². The zero-order valence-corrected chi connectivity index (χ0v) is 20.9. The number of anilines is 1. The van der Waals surface area contributed by atoms with E-state index < -0.39 is 0 Å². The van der Waals surface area contributed by atoms with Gasteiger partial charge in [-0.05, 0) is 73.1 Å². The lowest BCUT2D eigenvalue weighted by molar-refractivity contribution is 0.226. The second-order valence-corrected chi connectivity index (χ2v) is 10.5. The lowest BCUT2D eigenvalue weighted by atomic mass is 10.00. The van der Waals surface area contributed by atoms with Gasteiger partial charge in [0, 0.05) is 48.4 Å². The van der Waals surface area contributed by atoms with Gasteiger partial charge in [-0.25, -0.2) is 4.98 Å². The number of fused-ring (bicyclic) bond motifs is 1. The van der Waals surface area contributed by atoms with Gasteiger partial charge in [0.2, 0.25) is 0 Å². The second kappa shape index (κ2) is 8.89. The highest BCUT2D eigenvalue weighted by Crippen LogP contribution is 2.35. The zero-order valence-electron chi connectivity index (χ0n) is 20.9. The molecule has 0 aromatic carbocycles. The normalized spacial score (nSPS) is 19.4. The fourth-order valence-electron chi connectivity index (χ4n) is 5.28. The molecule has 3 N–H and O–H groups in total. The molecule has 1 fully saturated rings. The number of hydrogen-bond donors (Lipinski definition) is 3. The number of nitrogens with one attached hydrogen (secondary N) is 3. The molecular formula is C25H38N8. The molecule has 2 aliphatic heterocycles. The predicted molar refractivity (Wildman–Crippen MR) is 134 cm³/mol. The average molecular weight is 451 g/mol. The fraction of sp³-hybridized carbons (Fsp3) is 0.600. The first-order valence-electron chi connectivity index (χ1n) is 12.0. The van der Waals surface area contributed by atoms with E-state index in [1.54, 1.807) is 0 Å². The maximum Gasteiger partial charge on any atom is 0.183 e. The molecule has 0 amide bonds. The zero-order chi connectivity index (χ0) is 23.8.